The van der Waals surface area contributed by atoms with Crippen LogP contribution in [0.4, 0.5) is 22.0 Å². The molecule has 1 amide bonds. The molecular formula is C22H24F5NO5. The molecule has 0 atom stereocenters. The van der Waals surface area contributed by atoms with Gasteiger partial charge in [-0.05, 0) is 41.8 Å². The molecule has 0 spiro atoms. The fourth-order valence-electron chi connectivity index (χ4n) is 2.96. The third-order valence-corrected chi connectivity index (χ3v) is 4.54. The lowest BCUT2D eigenvalue weighted by atomic mass is 10.1. The number of methoxy groups -OCH3 is 2. The van der Waals surface area contributed by atoms with E-state index in [0.29, 0.717) is 17.5 Å². The SMILES string of the molecule is COc1cc(CCC(=O)N(C)Cc2ccc(OC)c(OC(F)F)c2)ccc1OCC(F)(F)F. The van der Waals surface area contributed by atoms with Crippen LogP contribution in [0.2, 0.25) is 0 Å². The number of benzene rings is 2. The summed E-state index contributed by atoms with van der Waals surface area (Å²) < 4.78 is 81.5. The average molecular weight is 477 g/mol. The molecule has 182 valence electrons. The zero-order chi connectivity index (χ0) is 24.6. The van der Waals surface area contributed by atoms with Gasteiger partial charge in [0.05, 0.1) is 14.2 Å². The Bertz CT molecular complexity index is 936. The van der Waals surface area contributed by atoms with Crippen molar-refractivity contribution >= 4 is 5.91 Å². The standard InChI is InChI=1S/C22H24F5NO5/c1-28(12-15-5-7-16(30-2)19(11-15)33-21(23)24)20(29)9-6-14-4-8-17(18(10-14)31-3)32-13-22(25,26)27/h4-5,7-8,10-11,21H,6,9,12-13H2,1-3H3. The molecule has 0 aliphatic carbocycles. The van der Waals surface area contributed by atoms with E-state index < -0.39 is 19.4 Å². The first kappa shape index (κ1) is 26.0. The van der Waals surface area contributed by atoms with Gasteiger partial charge in [-0.3, -0.25) is 4.79 Å². The number of hydrogen-bond donors (Lipinski definition) is 0. The maximum atomic E-state index is 12.6. The minimum Gasteiger partial charge on any atom is -0.493 e. The molecule has 0 radical (unpaired) electrons. The average Bonchev–Trinajstić information content (AvgIpc) is 2.75. The highest BCUT2D eigenvalue weighted by molar-refractivity contribution is 5.76. The lowest BCUT2D eigenvalue weighted by Crippen LogP contribution is -2.26. The van der Waals surface area contributed by atoms with Crippen molar-refractivity contribution in [3.63, 3.8) is 0 Å². The van der Waals surface area contributed by atoms with Crippen LogP contribution in [-0.4, -0.2) is 51.5 Å². The molecule has 0 N–H and O–H groups in total. The second-order valence-corrected chi connectivity index (χ2v) is 7.00. The van der Waals surface area contributed by atoms with Crippen LogP contribution >= 0.6 is 0 Å². The van der Waals surface area contributed by atoms with Gasteiger partial charge >= 0.3 is 12.8 Å². The topological polar surface area (TPSA) is 57.2 Å². The first-order chi connectivity index (χ1) is 15.5. The van der Waals surface area contributed by atoms with Gasteiger partial charge in [0.15, 0.2) is 29.6 Å². The van der Waals surface area contributed by atoms with Crippen molar-refractivity contribution in [2.45, 2.75) is 32.2 Å². The molecule has 0 bridgehead atoms. The van der Waals surface area contributed by atoms with Crippen molar-refractivity contribution in [2.24, 2.45) is 0 Å². The molecule has 0 aliphatic rings. The van der Waals surface area contributed by atoms with Crippen molar-refractivity contribution in [1.82, 2.24) is 4.90 Å². The predicted molar refractivity (Wildman–Crippen MR) is 109 cm³/mol. The van der Waals surface area contributed by atoms with Gasteiger partial charge in [-0.2, -0.15) is 22.0 Å². The molecule has 6 nitrogen and oxygen atoms in total. The Labute approximate surface area is 187 Å². The molecule has 0 fully saturated rings. The highest BCUT2D eigenvalue weighted by atomic mass is 19.4. The van der Waals surface area contributed by atoms with Crippen molar-refractivity contribution in [1.29, 1.82) is 0 Å². The first-order valence-electron chi connectivity index (χ1n) is 9.74. The summed E-state index contributed by atoms with van der Waals surface area (Å²) in [6.07, 6.45) is -4.06. The zero-order valence-corrected chi connectivity index (χ0v) is 18.2. The number of aryl methyl sites for hydroxylation is 1. The van der Waals surface area contributed by atoms with E-state index in [1.165, 1.54) is 43.4 Å². The number of rotatable bonds is 11. The Hall–Kier alpha value is -3.24. The molecule has 33 heavy (non-hydrogen) atoms. The van der Waals surface area contributed by atoms with E-state index in [9.17, 15) is 26.7 Å². The van der Waals surface area contributed by atoms with Crippen LogP contribution < -0.4 is 18.9 Å². The quantitative estimate of drug-likeness (QED) is 0.434. The molecule has 2 aromatic carbocycles. The number of carbonyl (C=O) groups is 1. The number of nitrogens with zero attached hydrogens (tertiary/aromatic N) is 1. The summed E-state index contributed by atoms with van der Waals surface area (Å²) in [7, 11) is 4.20. The summed E-state index contributed by atoms with van der Waals surface area (Å²) in [4.78, 5) is 13.9. The summed E-state index contributed by atoms with van der Waals surface area (Å²) >= 11 is 0. The van der Waals surface area contributed by atoms with Crippen LogP contribution in [0.15, 0.2) is 36.4 Å². The lowest BCUT2D eigenvalue weighted by molar-refractivity contribution is -0.153. The smallest absolute Gasteiger partial charge is 0.422 e. The van der Waals surface area contributed by atoms with Crippen LogP contribution in [0.1, 0.15) is 17.5 Å². The number of carbonyl (C=O) groups excluding carboxylic acids is 1. The van der Waals surface area contributed by atoms with E-state index in [2.05, 4.69) is 4.74 Å². The van der Waals surface area contributed by atoms with Crippen LogP contribution in [0, 0.1) is 0 Å². The molecular weight excluding hydrogens is 453 g/mol. The van der Waals surface area contributed by atoms with E-state index in [1.54, 1.807) is 19.2 Å². The molecule has 0 aromatic heterocycles. The molecule has 11 heteroatoms. The van der Waals surface area contributed by atoms with Gasteiger partial charge in [0.2, 0.25) is 5.91 Å². The summed E-state index contributed by atoms with van der Waals surface area (Å²) in [5.74, 6) is -0.139. The molecule has 2 aromatic rings. The molecule has 0 unspecified atom stereocenters. The van der Waals surface area contributed by atoms with Crippen molar-refractivity contribution < 1.29 is 45.7 Å². The maximum Gasteiger partial charge on any atom is 0.422 e. The lowest BCUT2D eigenvalue weighted by Gasteiger charge is -2.19. The highest BCUT2D eigenvalue weighted by Crippen LogP contribution is 2.31. The Morgan fingerprint density at radius 1 is 0.939 bits per heavy atom. The maximum absolute atomic E-state index is 12.6. The van der Waals surface area contributed by atoms with Gasteiger partial charge in [0.25, 0.3) is 0 Å². The molecule has 0 heterocycles. The van der Waals surface area contributed by atoms with Crippen LogP contribution in [0.5, 0.6) is 23.0 Å². The van der Waals surface area contributed by atoms with E-state index in [-0.39, 0.29) is 41.9 Å². The van der Waals surface area contributed by atoms with E-state index in [1.807, 2.05) is 0 Å². The Kier molecular flexibility index (Phi) is 9.12. The van der Waals surface area contributed by atoms with Gasteiger partial charge in [0.1, 0.15) is 0 Å². The fraction of sp³-hybridized carbons (Fsp3) is 0.409. The van der Waals surface area contributed by atoms with Gasteiger partial charge < -0.3 is 23.8 Å². The highest BCUT2D eigenvalue weighted by Gasteiger charge is 2.29. The van der Waals surface area contributed by atoms with Gasteiger partial charge in [-0.15, -0.1) is 0 Å². The first-order valence-corrected chi connectivity index (χ1v) is 9.74. The third kappa shape index (κ3) is 8.32. The predicted octanol–water partition coefficient (Wildman–Crippen LogP) is 4.84. The summed E-state index contributed by atoms with van der Waals surface area (Å²) in [5.41, 5.74) is 1.24. The number of amides is 1. The number of alkyl halides is 5. The van der Waals surface area contributed by atoms with Gasteiger partial charge in [-0.1, -0.05) is 12.1 Å². The summed E-state index contributed by atoms with van der Waals surface area (Å²) in [5, 5.41) is 0. The minimum absolute atomic E-state index is 0.0525. The summed E-state index contributed by atoms with van der Waals surface area (Å²) in [6, 6.07) is 8.90. The van der Waals surface area contributed by atoms with Crippen LogP contribution in [0.25, 0.3) is 0 Å². The van der Waals surface area contributed by atoms with Crippen LogP contribution in [0.3, 0.4) is 0 Å². The van der Waals surface area contributed by atoms with Gasteiger partial charge in [-0.25, -0.2) is 0 Å². The van der Waals surface area contributed by atoms with Gasteiger partial charge in [0, 0.05) is 20.0 Å². The molecule has 2 rings (SSSR count). The Morgan fingerprint density at radius 3 is 2.15 bits per heavy atom. The minimum atomic E-state index is -4.48. The van der Waals surface area contributed by atoms with Crippen molar-refractivity contribution in [2.75, 3.05) is 27.9 Å². The Morgan fingerprint density at radius 2 is 1.55 bits per heavy atom. The van der Waals surface area contributed by atoms with E-state index in [4.69, 9.17) is 14.2 Å². The second kappa shape index (κ2) is 11.6. The third-order valence-electron chi connectivity index (χ3n) is 4.54. The normalized spacial score (nSPS) is 11.3. The largest absolute Gasteiger partial charge is 0.493 e. The zero-order valence-electron chi connectivity index (χ0n) is 18.2. The van der Waals surface area contributed by atoms with Crippen molar-refractivity contribution in [3.05, 3.63) is 47.5 Å². The van der Waals surface area contributed by atoms with Crippen molar-refractivity contribution in [3.8, 4) is 23.0 Å². The molecule has 0 saturated carbocycles. The fourth-order valence-corrected chi connectivity index (χ4v) is 2.96. The number of hydrogen-bond acceptors (Lipinski definition) is 5. The summed E-state index contributed by atoms with van der Waals surface area (Å²) in [6.45, 7) is -4.31. The number of ether oxygens (including phenoxy) is 4. The molecule has 0 saturated heterocycles. The Balaban J connectivity index is 1.97. The monoisotopic (exact) mass is 477 g/mol. The number of halogens is 5. The van der Waals surface area contributed by atoms with E-state index >= 15 is 0 Å². The van der Waals surface area contributed by atoms with Crippen LogP contribution in [-0.2, 0) is 17.8 Å². The second-order valence-electron chi connectivity index (χ2n) is 7.00. The van der Waals surface area contributed by atoms with E-state index in [0.717, 1.165) is 0 Å². The molecule has 0 aliphatic heterocycles.